The van der Waals surface area contributed by atoms with Crippen LogP contribution in [0.15, 0.2) is 44.9 Å². The van der Waals surface area contributed by atoms with Gasteiger partial charge in [0.25, 0.3) is 10.0 Å². The van der Waals surface area contributed by atoms with Crippen molar-refractivity contribution in [3.63, 3.8) is 0 Å². The molecular weight excluding hydrogens is 515 g/mol. The first kappa shape index (κ1) is 24.5. The normalized spacial score (nSPS) is 11.7. The summed E-state index contributed by atoms with van der Waals surface area (Å²) in [5.74, 6) is 1.75. The summed E-state index contributed by atoms with van der Waals surface area (Å²) in [7, 11) is 2.89. The van der Waals surface area contributed by atoms with Crippen LogP contribution in [0, 0.1) is 0 Å². The lowest BCUT2D eigenvalue weighted by Crippen LogP contribution is -2.38. The van der Waals surface area contributed by atoms with Crippen molar-refractivity contribution in [2.24, 2.45) is 4.99 Å². The van der Waals surface area contributed by atoms with E-state index in [9.17, 15) is 8.42 Å². The maximum atomic E-state index is 12.4. The Morgan fingerprint density at radius 3 is 2.50 bits per heavy atom. The standard InChI is InChI=1S/C17H24N4O4S2.HI/c1-18-17(20-13-7-8-14(24-3)15(12-13)25-4)19-9-10-21(2)27(22,23)16-6-5-11-26-16;/h5-8,11-12H,9-10H2,1-4H3,(H2,18,19,20);1H. The fraction of sp³-hybridized carbons (Fsp3) is 0.353. The molecule has 0 saturated carbocycles. The number of hydrogen-bond acceptors (Lipinski definition) is 6. The maximum absolute atomic E-state index is 12.4. The van der Waals surface area contributed by atoms with Gasteiger partial charge in [0.2, 0.25) is 0 Å². The molecule has 0 aliphatic carbocycles. The Kier molecular flexibility index (Phi) is 9.99. The van der Waals surface area contributed by atoms with Crippen LogP contribution in [0.25, 0.3) is 0 Å². The number of halogens is 1. The van der Waals surface area contributed by atoms with Crippen molar-refractivity contribution in [3.05, 3.63) is 35.7 Å². The van der Waals surface area contributed by atoms with E-state index in [1.54, 1.807) is 58.0 Å². The summed E-state index contributed by atoms with van der Waals surface area (Å²) >= 11 is 1.20. The molecule has 2 N–H and O–H groups in total. The number of ether oxygens (including phenoxy) is 2. The Morgan fingerprint density at radius 2 is 1.93 bits per heavy atom. The molecule has 0 unspecified atom stereocenters. The average Bonchev–Trinajstić information content (AvgIpc) is 3.22. The minimum absolute atomic E-state index is 0. The van der Waals surface area contributed by atoms with Crippen LogP contribution in [-0.4, -0.2) is 60.1 Å². The van der Waals surface area contributed by atoms with Gasteiger partial charge in [-0.2, -0.15) is 4.31 Å². The quantitative estimate of drug-likeness (QED) is 0.304. The van der Waals surface area contributed by atoms with Crippen molar-refractivity contribution in [3.8, 4) is 11.5 Å². The summed E-state index contributed by atoms with van der Waals surface area (Å²) in [5, 5.41) is 7.97. The van der Waals surface area contributed by atoms with Gasteiger partial charge in [-0.05, 0) is 23.6 Å². The molecule has 0 fully saturated rings. The molecule has 156 valence electrons. The molecule has 1 aromatic heterocycles. The Morgan fingerprint density at radius 1 is 1.21 bits per heavy atom. The SMILES string of the molecule is CN=C(NCCN(C)S(=O)(=O)c1cccs1)Nc1ccc(OC)c(OC)c1.I. The first-order valence-corrected chi connectivity index (χ1v) is 10.4. The minimum Gasteiger partial charge on any atom is -0.493 e. The van der Waals surface area contributed by atoms with Crippen molar-refractivity contribution < 1.29 is 17.9 Å². The van der Waals surface area contributed by atoms with Gasteiger partial charge in [0.15, 0.2) is 17.5 Å². The van der Waals surface area contributed by atoms with Crippen molar-refractivity contribution in [2.45, 2.75) is 4.21 Å². The molecule has 2 aromatic rings. The zero-order valence-electron chi connectivity index (χ0n) is 16.1. The molecule has 0 atom stereocenters. The van der Waals surface area contributed by atoms with E-state index in [4.69, 9.17) is 9.47 Å². The summed E-state index contributed by atoms with van der Waals surface area (Å²) in [6.07, 6.45) is 0. The predicted molar refractivity (Wildman–Crippen MR) is 124 cm³/mol. The number of likely N-dealkylation sites (N-methyl/N-ethyl adjacent to an activating group) is 1. The van der Waals surface area contributed by atoms with Crippen LogP contribution < -0.4 is 20.1 Å². The van der Waals surface area contributed by atoms with Gasteiger partial charge >= 0.3 is 0 Å². The van der Waals surface area contributed by atoms with E-state index in [-0.39, 0.29) is 24.0 Å². The predicted octanol–water partition coefficient (Wildman–Crippen LogP) is 2.69. The largest absolute Gasteiger partial charge is 0.493 e. The van der Waals surface area contributed by atoms with Crippen molar-refractivity contribution in [1.29, 1.82) is 0 Å². The molecule has 0 amide bonds. The van der Waals surface area contributed by atoms with Gasteiger partial charge in [-0.15, -0.1) is 35.3 Å². The zero-order chi connectivity index (χ0) is 19.9. The van der Waals surface area contributed by atoms with Crippen LogP contribution in [0.3, 0.4) is 0 Å². The molecule has 0 saturated heterocycles. The number of guanidine groups is 1. The van der Waals surface area contributed by atoms with Crippen LogP contribution in [0.4, 0.5) is 5.69 Å². The number of methoxy groups -OCH3 is 2. The molecule has 0 radical (unpaired) electrons. The number of aliphatic imine (C=N–C) groups is 1. The minimum atomic E-state index is -3.45. The molecule has 0 bridgehead atoms. The summed E-state index contributed by atoms with van der Waals surface area (Å²) < 4.78 is 36.9. The number of benzene rings is 1. The lowest BCUT2D eigenvalue weighted by molar-refractivity contribution is 0.355. The summed E-state index contributed by atoms with van der Waals surface area (Å²) in [5.41, 5.74) is 0.764. The second-order valence-corrected chi connectivity index (χ2v) is 8.67. The van der Waals surface area contributed by atoms with Gasteiger partial charge in [-0.1, -0.05) is 6.07 Å². The van der Waals surface area contributed by atoms with E-state index in [2.05, 4.69) is 15.6 Å². The van der Waals surface area contributed by atoms with E-state index >= 15 is 0 Å². The van der Waals surface area contributed by atoms with Crippen LogP contribution >= 0.6 is 35.3 Å². The third-order valence-corrected chi connectivity index (χ3v) is 6.98. The molecule has 28 heavy (non-hydrogen) atoms. The number of thiophene rings is 1. The van der Waals surface area contributed by atoms with Gasteiger partial charge in [-0.25, -0.2) is 8.42 Å². The van der Waals surface area contributed by atoms with E-state index in [0.29, 0.717) is 34.8 Å². The van der Waals surface area contributed by atoms with Crippen molar-refractivity contribution >= 4 is 57.0 Å². The molecule has 8 nitrogen and oxygen atoms in total. The lowest BCUT2D eigenvalue weighted by atomic mass is 10.3. The molecular formula is C17H25IN4O4S2. The highest BCUT2D eigenvalue weighted by Gasteiger charge is 2.21. The van der Waals surface area contributed by atoms with Gasteiger partial charge in [0.1, 0.15) is 4.21 Å². The molecule has 0 aliphatic heterocycles. The second kappa shape index (κ2) is 11.4. The fourth-order valence-electron chi connectivity index (χ4n) is 2.25. The number of anilines is 1. The van der Waals surface area contributed by atoms with Gasteiger partial charge in [-0.3, -0.25) is 4.99 Å². The topological polar surface area (TPSA) is 92.3 Å². The average molecular weight is 540 g/mol. The molecule has 0 spiro atoms. The van der Waals surface area contributed by atoms with E-state index in [1.807, 2.05) is 6.07 Å². The number of hydrogen-bond donors (Lipinski definition) is 2. The highest BCUT2D eigenvalue weighted by molar-refractivity contribution is 14.0. The monoisotopic (exact) mass is 540 g/mol. The third-order valence-electron chi connectivity index (χ3n) is 3.75. The van der Waals surface area contributed by atoms with Crippen molar-refractivity contribution in [2.75, 3.05) is 46.7 Å². The number of nitrogens with one attached hydrogen (secondary N) is 2. The Hall–Kier alpha value is -1.57. The van der Waals surface area contributed by atoms with Gasteiger partial charge in [0, 0.05) is 38.9 Å². The Balaban J connectivity index is 0.00000392. The summed E-state index contributed by atoms with van der Waals surface area (Å²) in [6.45, 7) is 0.695. The van der Waals surface area contributed by atoms with E-state index in [0.717, 1.165) is 5.69 Å². The van der Waals surface area contributed by atoms with Crippen LogP contribution in [-0.2, 0) is 10.0 Å². The molecule has 2 rings (SSSR count). The molecule has 11 heteroatoms. The smallest absolute Gasteiger partial charge is 0.252 e. The summed E-state index contributed by atoms with van der Waals surface area (Å²) in [6, 6.07) is 8.73. The number of rotatable bonds is 8. The first-order chi connectivity index (χ1) is 12.9. The third kappa shape index (κ3) is 6.22. The Labute approximate surface area is 187 Å². The van der Waals surface area contributed by atoms with Crippen molar-refractivity contribution in [1.82, 2.24) is 9.62 Å². The van der Waals surface area contributed by atoms with E-state index in [1.165, 1.54) is 15.6 Å². The second-order valence-electron chi connectivity index (χ2n) is 5.45. The number of nitrogens with zero attached hydrogens (tertiary/aromatic N) is 2. The zero-order valence-corrected chi connectivity index (χ0v) is 20.1. The maximum Gasteiger partial charge on any atom is 0.252 e. The fourth-order valence-corrected chi connectivity index (χ4v) is 4.62. The Bertz CT molecular complexity index is 873. The van der Waals surface area contributed by atoms with Gasteiger partial charge in [0.05, 0.1) is 14.2 Å². The highest BCUT2D eigenvalue weighted by atomic mass is 127. The highest BCUT2D eigenvalue weighted by Crippen LogP contribution is 2.29. The lowest BCUT2D eigenvalue weighted by Gasteiger charge is -2.18. The number of sulfonamides is 1. The van der Waals surface area contributed by atoms with Crippen LogP contribution in [0.5, 0.6) is 11.5 Å². The van der Waals surface area contributed by atoms with Gasteiger partial charge < -0.3 is 20.1 Å². The molecule has 1 aromatic carbocycles. The molecule has 0 aliphatic rings. The first-order valence-electron chi connectivity index (χ1n) is 8.12. The van der Waals surface area contributed by atoms with E-state index < -0.39 is 10.0 Å². The molecule has 1 heterocycles. The van der Waals surface area contributed by atoms with Crippen LogP contribution in [0.1, 0.15) is 0 Å². The van der Waals surface area contributed by atoms with Crippen LogP contribution in [0.2, 0.25) is 0 Å². The summed E-state index contributed by atoms with van der Waals surface area (Å²) in [4.78, 5) is 4.15.